The summed E-state index contributed by atoms with van der Waals surface area (Å²) in [4.78, 5) is 56.0. The smallest absolute Gasteiger partial charge is 0.408 e. The van der Waals surface area contributed by atoms with Gasteiger partial charge in [0.25, 0.3) is 0 Å². The number of carbonyl (C=O) groups is 4. The molecule has 0 saturated carbocycles. The van der Waals surface area contributed by atoms with Gasteiger partial charge in [-0.1, -0.05) is 115 Å². The molecule has 6 unspecified atom stereocenters. The fourth-order valence-corrected chi connectivity index (χ4v) is 7.15. The minimum atomic E-state index is -0.839. The molecule has 12 nitrogen and oxygen atoms in total. The van der Waals surface area contributed by atoms with E-state index in [1.807, 2.05) is 52.0 Å². The summed E-state index contributed by atoms with van der Waals surface area (Å²) in [7, 11) is 0. The Balaban J connectivity index is 1.51. The van der Waals surface area contributed by atoms with Gasteiger partial charge in [0.2, 0.25) is 0 Å². The second-order valence-electron chi connectivity index (χ2n) is 17.8. The maximum atomic E-state index is 13.3. The second kappa shape index (κ2) is 25.3. The fourth-order valence-electron chi connectivity index (χ4n) is 7.15. The number of rotatable bonds is 30. The minimum absolute atomic E-state index is 0.0114. The van der Waals surface area contributed by atoms with Crippen LogP contribution in [0.3, 0.4) is 0 Å². The van der Waals surface area contributed by atoms with Crippen molar-refractivity contribution in [3.8, 4) is 0 Å². The lowest BCUT2D eigenvalue weighted by Gasteiger charge is -2.31. The van der Waals surface area contributed by atoms with E-state index in [-0.39, 0.29) is 25.2 Å². The molecule has 58 heavy (non-hydrogen) atoms. The van der Waals surface area contributed by atoms with Crippen LogP contribution in [0, 0.1) is 0 Å². The topological polar surface area (TPSA) is 135 Å². The van der Waals surface area contributed by atoms with Gasteiger partial charge < -0.3 is 29.6 Å². The van der Waals surface area contributed by atoms with Crippen molar-refractivity contribution in [1.82, 2.24) is 20.4 Å². The standard InChI is InChI=1S/C46H78N4O8/c1-9-11-13-15-17-19-21-26-41(51)55-33-39(31-49-29-35(49)3)57-43(53)47-45(5,6)37-24-23-25-38(28-37)46(7,8)48-44(54)58-40(32-50-30-36(50)4)34-56-42(52)27-22-20-18-16-14-12-10-2/h23-25,28,35-36,39-40H,9-22,26-27,29-34H2,1-8H3,(H,47,53)(H,48,54). The summed E-state index contributed by atoms with van der Waals surface area (Å²) in [6.07, 6.45) is 14.0. The molecule has 0 aliphatic carbocycles. The average molecular weight is 815 g/mol. The Morgan fingerprint density at radius 1 is 0.621 bits per heavy atom. The summed E-state index contributed by atoms with van der Waals surface area (Å²) < 4.78 is 22.9. The van der Waals surface area contributed by atoms with Crippen molar-refractivity contribution in [3.63, 3.8) is 0 Å². The van der Waals surface area contributed by atoms with E-state index >= 15 is 0 Å². The molecule has 330 valence electrons. The highest BCUT2D eigenvalue weighted by atomic mass is 16.6. The third kappa shape index (κ3) is 19.6. The van der Waals surface area contributed by atoms with Gasteiger partial charge in [0.05, 0.1) is 11.1 Å². The van der Waals surface area contributed by atoms with E-state index in [1.165, 1.54) is 51.4 Å². The maximum absolute atomic E-state index is 13.3. The van der Waals surface area contributed by atoms with Crippen molar-refractivity contribution in [2.24, 2.45) is 0 Å². The van der Waals surface area contributed by atoms with Crippen molar-refractivity contribution in [3.05, 3.63) is 35.4 Å². The highest BCUT2D eigenvalue weighted by molar-refractivity contribution is 5.71. The van der Waals surface area contributed by atoms with Gasteiger partial charge in [0.1, 0.15) is 13.2 Å². The van der Waals surface area contributed by atoms with Crippen LogP contribution in [0.1, 0.15) is 169 Å². The molecular formula is C46H78N4O8. The zero-order valence-corrected chi connectivity index (χ0v) is 37.3. The number of carbonyl (C=O) groups excluding carboxylic acids is 4. The van der Waals surface area contributed by atoms with Crippen molar-refractivity contribution >= 4 is 24.1 Å². The van der Waals surface area contributed by atoms with E-state index in [9.17, 15) is 19.2 Å². The first-order valence-corrected chi connectivity index (χ1v) is 22.5. The number of alkyl carbamates (subject to hydrolysis) is 2. The Bertz CT molecular complexity index is 1300. The van der Waals surface area contributed by atoms with E-state index in [0.717, 1.165) is 62.7 Å². The van der Waals surface area contributed by atoms with Gasteiger partial charge in [-0.25, -0.2) is 9.59 Å². The summed E-state index contributed by atoms with van der Waals surface area (Å²) in [6, 6.07) is 8.47. The fraction of sp³-hybridized carbons (Fsp3) is 0.783. The lowest BCUT2D eigenvalue weighted by molar-refractivity contribution is -0.147. The summed E-state index contributed by atoms with van der Waals surface area (Å²) >= 11 is 0. The van der Waals surface area contributed by atoms with Gasteiger partial charge in [-0.05, 0) is 65.5 Å². The monoisotopic (exact) mass is 815 g/mol. The molecular weight excluding hydrogens is 737 g/mol. The summed E-state index contributed by atoms with van der Waals surface area (Å²) in [5.74, 6) is -0.524. The van der Waals surface area contributed by atoms with Gasteiger partial charge in [-0.2, -0.15) is 0 Å². The lowest BCUT2D eigenvalue weighted by atomic mass is 9.87. The molecule has 2 N–H and O–H groups in total. The number of nitrogens with zero attached hydrogens (tertiary/aromatic N) is 2. The molecule has 2 aliphatic rings. The summed E-state index contributed by atoms with van der Waals surface area (Å²) in [5, 5.41) is 6.00. The second-order valence-corrected chi connectivity index (χ2v) is 17.8. The van der Waals surface area contributed by atoms with Crippen LogP contribution in [0.25, 0.3) is 0 Å². The third-order valence-electron chi connectivity index (χ3n) is 11.4. The molecule has 2 saturated heterocycles. The minimum Gasteiger partial charge on any atom is -0.462 e. The van der Waals surface area contributed by atoms with Gasteiger partial charge in [0.15, 0.2) is 12.2 Å². The molecule has 0 spiro atoms. The molecule has 0 bridgehead atoms. The Kier molecular flexibility index (Phi) is 21.4. The number of ether oxygens (including phenoxy) is 4. The Morgan fingerprint density at radius 2 is 0.966 bits per heavy atom. The normalized spacial score (nSPS) is 19.7. The quantitative estimate of drug-likeness (QED) is 0.0335. The first kappa shape index (κ1) is 49.0. The van der Waals surface area contributed by atoms with Crippen LogP contribution < -0.4 is 10.6 Å². The summed E-state index contributed by atoms with van der Waals surface area (Å²) in [6.45, 7) is 19.0. The molecule has 1 aromatic carbocycles. The Morgan fingerprint density at radius 3 is 1.31 bits per heavy atom. The first-order valence-electron chi connectivity index (χ1n) is 22.5. The van der Waals surface area contributed by atoms with Gasteiger partial charge in [-0.3, -0.25) is 19.4 Å². The number of hydrogen-bond acceptors (Lipinski definition) is 10. The number of nitrogens with one attached hydrogen (secondary N) is 2. The highest BCUT2D eigenvalue weighted by Gasteiger charge is 2.36. The molecule has 2 aliphatic heterocycles. The molecule has 12 heteroatoms. The maximum Gasteiger partial charge on any atom is 0.408 e. The van der Waals surface area contributed by atoms with Gasteiger partial charge >= 0.3 is 24.1 Å². The lowest BCUT2D eigenvalue weighted by Crippen LogP contribution is -2.45. The first-order chi connectivity index (χ1) is 27.6. The predicted octanol–water partition coefficient (Wildman–Crippen LogP) is 9.12. The number of hydrogen-bond donors (Lipinski definition) is 2. The molecule has 2 heterocycles. The average Bonchev–Trinajstić information content (AvgIpc) is 4.07. The SMILES string of the molecule is CCCCCCCCCC(=O)OCC(CN1CC1C)OC(=O)NC(C)(C)c1cccc(C(C)(C)NC(=O)OC(COC(=O)CCCCCCCCC)CN2CC2C)c1. The van der Waals surface area contributed by atoms with E-state index in [4.69, 9.17) is 18.9 Å². The number of amides is 2. The molecule has 0 radical (unpaired) electrons. The van der Waals surface area contributed by atoms with E-state index in [1.54, 1.807) is 0 Å². The summed E-state index contributed by atoms with van der Waals surface area (Å²) in [5.41, 5.74) is -0.0594. The van der Waals surface area contributed by atoms with Crippen LogP contribution in [-0.4, -0.2) is 97.6 Å². The van der Waals surface area contributed by atoms with Crippen LogP contribution in [0.15, 0.2) is 24.3 Å². The largest absolute Gasteiger partial charge is 0.462 e. The zero-order chi connectivity index (χ0) is 42.6. The van der Waals surface area contributed by atoms with Crippen molar-refractivity contribution in [1.29, 1.82) is 0 Å². The predicted molar refractivity (Wildman–Crippen MR) is 229 cm³/mol. The zero-order valence-electron chi connectivity index (χ0n) is 37.3. The van der Waals surface area contributed by atoms with Crippen LogP contribution in [0.5, 0.6) is 0 Å². The molecule has 2 amide bonds. The number of esters is 2. The van der Waals surface area contributed by atoms with Gasteiger partial charge in [0, 0.05) is 51.1 Å². The molecule has 0 aromatic heterocycles. The molecule has 1 aromatic rings. The van der Waals surface area contributed by atoms with E-state index in [2.05, 4.69) is 48.1 Å². The van der Waals surface area contributed by atoms with Crippen molar-refractivity contribution in [2.45, 2.75) is 193 Å². The van der Waals surface area contributed by atoms with Crippen LogP contribution in [-0.2, 0) is 39.6 Å². The van der Waals surface area contributed by atoms with E-state index in [0.29, 0.717) is 38.0 Å². The van der Waals surface area contributed by atoms with Crippen molar-refractivity contribution < 1.29 is 38.1 Å². The molecule has 3 rings (SSSR count). The van der Waals surface area contributed by atoms with Crippen LogP contribution >= 0.6 is 0 Å². The van der Waals surface area contributed by atoms with Crippen LogP contribution in [0.4, 0.5) is 9.59 Å². The number of unbranched alkanes of at least 4 members (excludes halogenated alkanes) is 12. The molecule has 2 fully saturated rings. The Hall–Kier alpha value is -3.38. The van der Waals surface area contributed by atoms with Crippen molar-refractivity contribution in [2.75, 3.05) is 39.4 Å². The van der Waals surface area contributed by atoms with Crippen LogP contribution in [0.2, 0.25) is 0 Å². The van der Waals surface area contributed by atoms with E-state index < -0.39 is 35.5 Å². The third-order valence-corrected chi connectivity index (χ3v) is 11.4. The Labute approximate surface area is 350 Å². The molecule has 6 atom stereocenters. The highest BCUT2D eigenvalue weighted by Crippen LogP contribution is 2.28. The van der Waals surface area contributed by atoms with Gasteiger partial charge in [-0.15, -0.1) is 0 Å². The number of benzene rings is 1.